The number of aromatic nitrogens is 2. The molecule has 2 aromatic carbocycles. The van der Waals surface area contributed by atoms with Crippen molar-refractivity contribution in [2.24, 2.45) is 0 Å². The average Bonchev–Trinajstić information content (AvgIpc) is 3.43. The number of likely N-dealkylation sites (tertiary alicyclic amines) is 1. The molecule has 42 heavy (non-hydrogen) atoms. The maximum absolute atomic E-state index is 16.0. The maximum Gasteiger partial charge on any atom is 0.319 e. The Morgan fingerprint density at radius 2 is 2.10 bits per heavy atom. The lowest BCUT2D eigenvalue weighted by molar-refractivity contribution is -0.128. The van der Waals surface area contributed by atoms with E-state index < -0.39 is 0 Å². The number of piperazine rings is 1. The summed E-state index contributed by atoms with van der Waals surface area (Å²) < 4.78 is 22.2. The SMILES string of the molecule is C=CC(=O)N1CCN(c2nc(OC[C@@H]3CCCN3C)nc3cc(-c4cccc5c4SCCC5)c(F)cc23)C[C@@H]1CC#N. The van der Waals surface area contributed by atoms with E-state index in [1.165, 1.54) is 17.7 Å². The number of carbonyl (C=O) groups excluding carboxylic acids is 1. The van der Waals surface area contributed by atoms with E-state index in [0.29, 0.717) is 48.5 Å². The highest BCUT2D eigenvalue weighted by atomic mass is 32.2. The largest absolute Gasteiger partial charge is 0.462 e. The number of nitriles is 1. The van der Waals surface area contributed by atoms with Crippen LogP contribution in [0.15, 0.2) is 47.9 Å². The van der Waals surface area contributed by atoms with Crippen LogP contribution < -0.4 is 9.64 Å². The Labute approximate surface area is 250 Å². The highest BCUT2D eigenvalue weighted by Crippen LogP contribution is 2.41. The summed E-state index contributed by atoms with van der Waals surface area (Å²) in [4.78, 5) is 29.2. The van der Waals surface area contributed by atoms with Crippen molar-refractivity contribution < 1.29 is 13.9 Å². The Bertz CT molecular complexity index is 1560. The van der Waals surface area contributed by atoms with E-state index in [0.717, 1.165) is 48.4 Å². The number of ether oxygens (including phenoxy) is 1. The molecule has 2 fully saturated rings. The minimum absolute atomic E-state index is 0.172. The van der Waals surface area contributed by atoms with Crippen molar-refractivity contribution in [3.8, 4) is 23.2 Å². The molecular formula is C32H35FN6O2S. The zero-order valence-electron chi connectivity index (χ0n) is 23.9. The topological polar surface area (TPSA) is 85.6 Å². The van der Waals surface area contributed by atoms with Gasteiger partial charge < -0.3 is 19.4 Å². The summed E-state index contributed by atoms with van der Waals surface area (Å²) in [5, 5.41) is 10.1. The molecule has 6 rings (SSSR count). The second-order valence-electron chi connectivity index (χ2n) is 11.2. The van der Waals surface area contributed by atoms with Crippen molar-refractivity contribution in [2.45, 2.75) is 49.1 Å². The number of hydrogen-bond acceptors (Lipinski definition) is 8. The average molecular weight is 587 g/mol. The molecule has 218 valence electrons. The van der Waals surface area contributed by atoms with Crippen molar-refractivity contribution in [3.05, 3.63) is 54.4 Å². The normalized spacial score (nSPS) is 20.8. The van der Waals surface area contributed by atoms with Crippen LogP contribution in [0, 0.1) is 17.1 Å². The molecular weight excluding hydrogens is 551 g/mol. The van der Waals surface area contributed by atoms with Crippen LogP contribution in [0.1, 0.15) is 31.2 Å². The standard InChI is InChI=1S/C32H35FN6O2S/c1-3-29(40)39-15-14-38(19-22(39)11-12-34)31-26-17-27(33)25(24-10-4-7-21-8-6-16-42-30(21)24)18-28(26)35-32(36-31)41-20-23-9-5-13-37(23)2/h3-4,7,10,17-18,22-23H,1,5-6,8-9,11,13-16,19-20H2,2H3/t22-,23-/m0/s1. The zero-order chi connectivity index (χ0) is 29.2. The molecule has 4 heterocycles. The van der Waals surface area contributed by atoms with E-state index in [2.05, 4.69) is 30.7 Å². The van der Waals surface area contributed by atoms with Gasteiger partial charge in [-0.1, -0.05) is 24.8 Å². The first-order chi connectivity index (χ1) is 20.5. The number of rotatable bonds is 7. The van der Waals surface area contributed by atoms with E-state index in [4.69, 9.17) is 14.7 Å². The first-order valence-corrected chi connectivity index (χ1v) is 15.6. The molecule has 3 aliphatic heterocycles. The van der Waals surface area contributed by atoms with Gasteiger partial charge in [0.05, 0.1) is 24.0 Å². The van der Waals surface area contributed by atoms with Crippen LogP contribution >= 0.6 is 11.8 Å². The molecule has 10 heteroatoms. The smallest absolute Gasteiger partial charge is 0.319 e. The summed E-state index contributed by atoms with van der Waals surface area (Å²) in [6.07, 6.45) is 5.75. The first-order valence-electron chi connectivity index (χ1n) is 14.6. The van der Waals surface area contributed by atoms with Gasteiger partial charge in [-0.05, 0) is 74.4 Å². The molecule has 2 atom stereocenters. The van der Waals surface area contributed by atoms with Gasteiger partial charge in [0.1, 0.15) is 18.2 Å². The number of likely N-dealkylation sites (N-methyl/N-ethyl adjacent to an activating group) is 1. The third-order valence-electron chi connectivity index (χ3n) is 8.61. The summed E-state index contributed by atoms with van der Waals surface area (Å²) >= 11 is 1.78. The Kier molecular flexibility index (Phi) is 8.31. The van der Waals surface area contributed by atoms with E-state index >= 15 is 4.39 Å². The third-order valence-corrected chi connectivity index (χ3v) is 9.87. The van der Waals surface area contributed by atoms with Gasteiger partial charge in [0.15, 0.2) is 0 Å². The fourth-order valence-corrected chi connectivity index (χ4v) is 7.50. The van der Waals surface area contributed by atoms with Crippen molar-refractivity contribution in [1.29, 1.82) is 5.26 Å². The monoisotopic (exact) mass is 586 g/mol. The van der Waals surface area contributed by atoms with Crippen molar-refractivity contribution in [3.63, 3.8) is 0 Å². The quantitative estimate of drug-likeness (QED) is 0.355. The number of thioether (sulfide) groups is 1. The highest BCUT2D eigenvalue weighted by molar-refractivity contribution is 7.99. The van der Waals surface area contributed by atoms with Gasteiger partial charge >= 0.3 is 6.01 Å². The first kappa shape index (κ1) is 28.4. The molecule has 0 aliphatic carbocycles. The molecule has 0 spiro atoms. The van der Waals surface area contributed by atoms with E-state index in [9.17, 15) is 10.1 Å². The molecule has 0 saturated carbocycles. The molecule has 0 N–H and O–H groups in total. The molecule has 8 nitrogen and oxygen atoms in total. The lowest BCUT2D eigenvalue weighted by atomic mass is 9.98. The molecule has 0 radical (unpaired) electrons. The molecule has 2 saturated heterocycles. The second kappa shape index (κ2) is 12.3. The van der Waals surface area contributed by atoms with Gasteiger partial charge in [0.25, 0.3) is 0 Å². The maximum atomic E-state index is 16.0. The second-order valence-corrected chi connectivity index (χ2v) is 12.3. The Morgan fingerprint density at radius 3 is 2.88 bits per heavy atom. The summed E-state index contributed by atoms with van der Waals surface area (Å²) in [5.41, 5.74) is 3.26. The van der Waals surface area contributed by atoms with Crippen LogP contribution in [0.25, 0.3) is 22.0 Å². The summed E-state index contributed by atoms with van der Waals surface area (Å²) in [5.74, 6) is 1.04. The molecule has 0 bridgehead atoms. The van der Waals surface area contributed by atoms with Crippen LogP contribution in [0.3, 0.4) is 0 Å². The Balaban J connectivity index is 1.42. The zero-order valence-corrected chi connectivity index (χ0v) is 24.7. The van der Waals surface area contributed by atoms with Crippen molar-refractivity contribution in [1.82, 2.24) is 19.8 Å². The molecule has 3 aromatic rings. The van der Waals surface area contributed by atoms with Crippen LogP contribution in [0.4, 0.5) is 10.2 Å². The third kappa shape index (κ3) is 5.55. The molecule has 1 aromatic heterocycles. The van der Waals surface area contributed by atoms with Crippen molar-refractivity contribution >= 4 is 34.4 Å². The van der Waals surface area contributed by atoms with Gasteiger partial charge in [-0.3, -0.25) is 4.79 Å². The minimum atomic E-state index is -0.340. The van der Waals surface area contributed by atoms with E-state index in [1.54, 1.807) is 16.7 Å². The summed E-state index contributed by atoms with van der Waals surface area (Å²) in [6, 6.07) is 11.9. The summed E-state index contributed by atoms with van der Waals surface area (Å²) in [6.45, 7) is 6.39. The van der Waals surface area contributed by atoms with Crippen LogP contribution in [-0.4, -0.2) is 83.3 Å². The van der Waals surface area contributed by atoms with E-state index in [1.807, 2.05) is 23.1 Å². The molecule has 3 aliphatic rings. The van der Waals surface area contributed by atoms with Crippen LogP contribution in [0.5, 0.6) is 6.01 Å². The number of nitrogens with zero attached hydrogens (tertiary/aromatic N) is 6. The molecule has 1 amide bonds. The fraction of sp³-hybridized carbons (Fsp3) is 0.438. The number of hydrogen-bond donors (Lipinski definition) is 0. The van der Waals surface area contributed by atoms with E-state index in [-0.39, 0.29) is 36.2 Å². The van der Waals surface area contributed by atoms with Gasteiger partial charge in [-0.15, -0.1) is 11.8 Å². The fourth-order valence-electron chi connectivity index (χ4n) is 6.32. The van der Waals surface area contributed by atoms with Gasteiger partial charge in [-0.25, -0.2) is 4.39 Å². The van der Waals surface area contributed by atoms with Gasteiger partial charge in [0, 0.05) is 41.5 Å². The number of anilines is 1. The predicted octanol–water partition coefficient (Wildman–Crippen LogP) is 5.06. The lowest BCUT2D eigenvalue weighted by Crippen LogP contribution is -2.55. The number of benzene rings is 2. The number of amides is 1. The Morgan fingerprint density at radius 1 is 1.21 bits per heavy atom. The van der Waals surface area contributed by atoms with Crippen LogP contribution in [-0.2, 0) is 11.2 Å². The highest BCUT2D eigenvalue weighted by Gasteiger charge is 2.32. The van der Waals surface area contributed by atoms with Gasteiger partial charge in [0.2, 0.25) is 5.91 Å². The number of fused-ring (bicyclic) bond motifs is 2. The van der Waals surface area contributed by atoms with Crippen molar-refractivity contribution in [2.75, 3.05) is 50.5 Å². The lowest BCUT2D eigenvalue weighted by Gasteiger charge is -2.41. The molecule has 0 unspecified atom stereocenters. The van der Waals surface area contributed by atoms with Gasteiger partial charge in [-0.2, -0.15) is 15.2 Å². The Hall–Kier alpha value is -3.68. The number of halogens is 1. The number of carbonyl (C=O) groups is 1. The predicted molar refractivity (Wildman–Crippen MR) is 163 cm³/mol. The minimum Gasteiger partial charge on any atom is -0.462 e. The number of aryl methyl sites for hydroxylation is 1. The summed E-state index contributed by atoms with van der Waals surface area (Å²) in [7, 11) is 2.10. The van der Waals surface area contributed by atoms with Crippen LogP contribution in [0.2, 0.25) is 0 Å².